The Labute approximate surface area is 132 Å². The summed E-state index contributed by atoms with van der Waals surface area (Å²) in [5, 5.41) is 7.45. The van der Waals surface area contributed by atoms with Gasteiger partial charge in [-0.25, -0.2) is 0 Å². The van der Waals surface area contributed by atoms with Gasteiger partial charge in [0.15, 0.2) is 11.5 Å². The molecule has 0 radical (unpaired) electrons. The van der Waals surface area contributed by atoms with Crippen LogP contribution in [0, 0.1) is 5.92 Å². The van der Waals surface area contributed by atoms with Crippen LogP contribution in [0.5, 0.6) is 11.5 Å². The van der Waals surface area contributed by atoms with Gasteiger partial charge in [-0.3, -0.25) is 0 Å². The highest BCUT2D eigenvalue weighted by molar-refractivity contribution is 5.40. The minimum atomic E-state index is 0.118. The first-order valence-corrected chi connectivity index (χ1v) is 8.75. The van der Waals surface area contributed by atoms with Crippen LogP contribution in [-0.4, -0.2) is 37.9 Å². The maximum atomic E-state index is 6.05. The minimum absolute atomic E-state index is 0.118. The second kappa shape index (κ2) is 6.47. The molecule has 4 atom stereocenters. The topological polar surface area (TPSA) is 42.5 Å². The van der Waals surface area contributed by atoms with Crippen LogP contribution >= 0.6 is 0 Å². The SMILES string of the molecule is c1ccc2c(c1)OCC(CNC1CCCC1C1CCCN1)O2. The molecule has 4 rings (SSSR count). The lowest BCUT2D eigenvalue weighted by molar-refractivity contribution is 0.0862. The average molecular weight is 302 g/mol. The molecule has 120 valence electrons. The number of nitrogens with one attached hydrogen (secondary N) is 2. The molecular formula is C18H26N2O2. The Bertz CT molecular complexity index is 502. The molecule has 22 heavy (non-hydrogen) atoms. The van der Waals surface area contributed by atoms with Gasteiger partial charge in [0.05, 0.1) is 0 Å². The molecule has 3 aliphatic rings. The lowest BCUT2D eigenvalue weighted by Gasteiger charge is -2.30. The number of rotatable bonds is 4. The van der Waals surface area contributed by atoms with Crippen molar-refractivity contribution in [2.45, 2.75) is 50.3 Å². The van der Waals surface area contributed by atoms with Crippen molar-refractivity contribution >= 4 is 0 Å². The van der Waals surface area contributed by atoms with Gasteiger partial charge in [0.25, 0.3) is 0 Å². The van der Waals surface area contributed by atoms with Gasteiger partial charge >= 0.3 is 0 Å². The predicted molar refractivity (Wildman–Crippen MR) is 86.5 cm³/mol. The van der Waals surface area contributed by atoms with E-state index in [0.29, 0.717) is 12.6 Å². The van der Waals surface area contributed by atoms with Gasteiger partial charge in [-0.15, -0.1) is 0 Å². The van der Waals surface area contributed by atoms with Crippen molar-refractivity contribution < 1.29 is 9.47 Å². The molecule has 1 saturated carbocycles. The molecule has 0 spiro atoms. The Kier molecular flexibility index (Phi) is 4.22. The summed E-state index contributed by atoms with van der Waals surface area (Å²) < 4.78 is 11.8. The van der Waals surface area contributed by atoms with E-state index in [1.807, 2.05) is 24.3 Å². The first kappa shape index (κ1) is 14.3. The Hall–Kier alpha value is -1.26. The summed E-state index contributed by atoms with van der Waals surface area (Å²) in [5.74, 6) is 2.54. The molecule has 4 unspecified atom stereocenters. The van der Waals surface area contributed by atoms with Crippen molar-refractivity contribution in [1.29, 1.82) is 0 Å². The first-order valence-electron chi connectivity index (χ1n) is 8.75. The van der Waals surface area contributed by atoms with E-state index in [9.17, 15) is 0 Å². The van der Waals surface area contributed by atoms with Gasteiger partial charge in [-0.2, -0.15) is 0 Å². The molecule has 0 aromatic heterocycles. The predicted octanol–water partition coefficient (Wildman–Crippen LogP) is 2.34. The number of fused-ring (bicyclic) bond motifs is 1. The van der Waals surface area contributed by atoms with Gasteiger partial charge in [0.2, 0.25) is 0 Å². The maximum absolute atomic E-state index is 6.05. The molecule has 2 fully saturated rings. The fourth-order valence-corrected chi connectivity index (χ4v) is 4.25. The molecular weight excluding hydrogens is 276 g/mol. The largest absolute Gasteiger partial charge is 0.486 e. The van der Waals surface area contributed by atoms with E-state index in [4.69, 9.17) is 9.47 Å². The van der Waals surface area contributed by atoms with Crippen LogP contribution in [0.2, 0.25) is 0 Å². The van der Waals surface area contributed by atoms with Crippen LogP contribution in [-0.2, 0) is 0 Å². The van der Waals surface area contributed by atoms with Crippen molar-refractivity contribution in [3.05, 3.63) is 24.3 Å². The third-order valence-electron chi connectivity index (χ3n) is 5.36. The molecule has 1 saturated heterocycles. The number of para-hydroxylation sites is 2. The summed E-state index contributed by atoms with van der Waals surface area (Å²) in [6.45, 7) is 2.72. The van der Waals surface area contributed by atoms with E-state index in [1.165, 1.54) is 38.6 Å². The molecule has 4 nitrogen and oxygen atoms in total. The summed E-state index contributed by atoms with van der Waals surface area (Å²) in [6, 6.07) is 9.30. The van der Waals surface area contributed by atoms with E-state index >= 15 is 0 Å². The third-order valence-corrected chi connectivity index (χ3v) is 5.36. The molecule has 1 aliphatic carbocycles. The minimum Gasteiger partial charge on any atom is -0.486 e. The van der Waals surface area contributed by atoms with Gasteiger partial charge in [0, 0.05) is 18.6 Å². The normalized spacial score (nSPS) is 34.0. The summed E-state index contributed by atoms with van der Waals surface area (Å²) in [7, 11) is 0. The molecule has 2 N–H and O–H groups in total. The zero-order chi connectivity index (χ0) is 14.8. The second-order valence-corrected chi connectivity index (χ2v) is 6.81. The van der Waals surface area contributed by atoms with Crippen molar-refractivity contribution in [3.63, 3.8) is 0 Å². The van der Waals surface area contributed by atoms with Crippen LogP contribution in [0.3, 0.4) is 0 Å². The lowest BCUT2D eigenvalue weighted by Crippen LogP contribution is -2.47. The van der Waals surface area contributed by atoms with E-state index < -0.39 is 0 Å². The highest BCUT2D eigenvalue weighted by Crippen LogP contribution is 2.33. The van der Waals surface area contributed by atoms with Crippen LogP contribution in [0.15, 0.2) is 24.3 Å². The van der Waals surface area contributed by atoms with Gasteiger partial charge in [0.1, 0.15) is 12.7 Å². The molecule has 0 amide bonds. The van der Waals surface area contributed by atoms with E-state index in [-0.39, 0.29) is 6.10 Å². The molecule has 1 aromatic carbocycles. The highest BCUT2D eigenvalue weighted by Gasteiger charge is 2.35. The average Bonchev–Trinajstić information content (AvgIpc) is 3.23. The number of hydrogen-bond acceptors (Lipinski definition) is 4. The second-order valence-electron chi connectivity index (χ2n) is 6.81. The quantitative estimate of drug-likeness (QED) is 0.896. The molecule has 1 aromatic rings. The fraction of sp³-hybridized carbons (Fsp3) is 0.667. The van der Waals surface area contributed by atoms with Crippen LogP contribution < -0.4 is 20.1 Å². The summed E-state index contributed by atoms with van der Waals surface area (Å²) >= 11 is 0. The summed E-state index contributed by atoms with van der Waals surface area (Å²) in [6.07, 6.45) is 6.81. The zero-order valence-corrected chi connectivity index (χ0v) is 13.1. The number of ether oxygens (including phenoxy) is 2. The van der Waals surface area contributed by atoms with Gasteiger partial charge < -0.3 is 20.1 Å². The number of hydrogen-bond donors (Lipinski definition) is 2. The van der Waals surface area contributed by atoms with Crippen LogP contribution in [0.25, 0.3) is 0 Å². The Balaban J connectivity index is 1.31. The zero-order valence-electron chi connectivity index (χ0n) is 13.1. The standard InChI is InChI=1S/C18H26N2O2/c1-2-9-18-17(8-1)21-12-13(22-18)11-20-16-6-3-5-14(16)15-7-4-10-19-15/h1-2,8-9,13-16,19-20H,3-7,10-12H2. The summed E-state index contributed by atoms with van der Waals surface area (Å²) in [5.41, 5.74) is 0. The number of benzene rings is 1. The van der Waals surface area contributed by atoms with Crippen molar-refractivity contribution in [2.24, 2.45) is 5.92 Å². The molecule has 2 aliphatic heterocycles. The van der Waals surface area contributed by atoms with E-state index in [1.54, 1.807) is 0 Å². The molecule has 0 bridgehead atoms. The molecule has 2 heterocycles. The first-order chi connectivity index (χ1) is 10.9. The monoisotopic (exact) mass is 302 g/mol. The third kappa shape index (κ3) is 2.95. The van der Waals surface area contributed by atoms with Crippen LogP contribution in [0.4, 0.5) is 0 Å². The lowest BCUT2D eigenvalue weighted by atomic mass is 9.93. The van der Waals surface area contributed by atoms with Gasteiger partial charge in [-0.05, 0) is 50.3 Å². The Morgan fingerprint density at radius 1 is 1.09 bits per heavy atom. The van der Waals surface area contributed by atoms with E-state index in [0.717, 1.165) is 30.0 Å². The van der Waals surface area contributed by atoms with Crippen LogP contribution in [0.1, 0.15) is 32.1 Å². The summed E-state index contributed by atoms with van der Waals surface area (Å²) in [4.78, 5) is 0. The highest BCUT2D eigenvalue weighted by atomic mass is 16.6. The maximum Gasteiger partial charge on any atom is 0.161 e. The Morgan fingerprint density at radius 2 is 2.00 bits per heavy atom. The van der Waals surface area contributed by atoms with Gasteiger partial charge in [-0.1, -0.05) is 18.6 Å². The Morgan fingerprint density at radius 3 is 2.86 bits per heavy atom. The molecule has 4 heteroatoms. The fourth-order valence-electron chi connectivity index (χ4n) is 4.25. The van der Waals surface area contributed by atoms with E-state index in [2.05, 4.69) is 10.6 Å². The van der Waals surface area contributed by atoms with Crippen molar-refractivity contribution in [1.82, 2.24) is 10.6 Å². The van der Waals surface area contributed by atoms with Crippen molar-refractivity contribution in [3.8, 4) is 11.5 Å². The smallest absolute Gasteiger partial charge is 0.161 e. The van der Waals surface area contributed by atoms with Crippen molar-refractivity contribution in [2.75, 3.05) is 19.7 Å².